The summed E-state index contributed by atoms with van der Waals surface area (Å²) in [6.45, 7) is 5.48. The van der Waals surface area contributed by atoms with Crippen molar-refractivity contribution >= 4 is 39.0 Å². The lowest BCUT2D eigenvalue weighted by Gasteiger charge is -2.25. The molecule has 0 fully saturated rings. The minimum atomic E-state index is -0.699. The first-order chi connectivity index (χ1) is 7.74. The van der Waals surface area contributed by atoms with Crippen LogP contribution < -0.4 is 11.1 Å². The predicted molar refractivity (Wildman–Crippen MR) is 77.2 cm³/mol. The van der Waals surface area contributed by atoms with E-state index in [1.54, 1.807) is 13.8 Å². The van der Waals surface area contributed by atoms with Crippen molar-refractivity contribution in [3.8, 4) is 0 Å². The van der Waals surface area contributed by atoms with Crippen molar-refractivity contribution in [3.05, 3.63) is 33.8 Å². The van der Waals surface area contributed by atoms with Crippen LogP contribution in [0.5, 0.6) is 0 Å². The number of nitrogens with one attached hydrogen (secondary N) is 1. The van der Waals surface area contributed by atoms with Gasteiger partial charge in [0.05, 0.1) is 16.1 Å². The van der Waals surface area contributed by atoms with Gasteiger partial charge in [-0.05, 0) is 48.8 Å². The summed E-state index contributed by atoms with van der Waals surface area (Å²) in [6, 6.07) is 5.59. The number of benzene rings is 1. The average molecular weight is 315 g/mol. The summed E-state index contributed by atoms with van der Waals surface area (Å²) in [6.07, 6.45) is 0. The summed E-state index contributed by atoms with van der Waals surface area (Å²) in [5, 5.41) is 2.80. The second-order valence-corrected chi connectivity index (χ2v) is 5.72. The van der Waals surface area contributed by atoms with Crippen LogP contribution in [0, 0.1) is 6.92 Å². The van der Waals surface area contributed by atoms with Crippen LogP contribution >= 0.6 is 28.1 Å². The zero-order valence-corrected chi connectivity index (χ0v) is 12.4. The van der Waals surface area contributed by atoms with Gasteiger partial charge in [0.25, 0.3) is 5.91 Å². The number of carbonyl (C=O) groups excluding carboxylic acids is 1. The summed E-state index contributed by atoms with van der Waals surface area (Å²) in [4.78, 5) is 12.3. The van der Waals surface area contributed by atoms with Crippen molar-refractivity contribution in [1.29, 1.82) is 0 Å². The van der Waals surface area contributed by atoms with E-state index in [1.165, 1.54) is 0 Å². The molecule has 0 atom stereocenters. The van der Waals surface area contributed by atoms with Crippen LogP contribution in [0.2, 0.25) is 0 Å². The number of rotatable bonds is 3. The lowest BCUT2D eigenvalue weighted by atomic mass is 10.0. The Kier molecular flexibility index (Phi) is 4.27. The summed E-state index contributed by atoms with van der Waals surface area (Å²) in [5.74, 6) is -0.196. The maximum Gasteiger partial charge on any atom is 0.253 e. The lowest BCUT2D eigenvalue weighted by molar-refractivity contribution is 0.0931. The Labute approximate surface area is 115 Å². The van der Waals surface area contributed by atoms with Crippen LogP contribution in [0.15, 0.2) is 22.7 Å². The monoisotopic (exact) mass is 314 g/mol. The van der Waals surface area contributed by atoms with Crippen LogP contribution in [0.4, 0.5) is 0 Å². The topological polar surface area (TPSA) is 55.1 Å². The molecule has 0 aromatic heterocycles. The fourth-order valence-corrected chi connectivity index (χ4v) is 1.70. The smallest absolute Gasteiger partial charge is 0.253 e. The van der Waals surface area contributed by atoms with Gasteiger partial charge in [0.1, 0.15) is 0 Å². The van der Waals surface area contributed by atoms with E-state index in [-0.39, 0.29) is 10.9 Å². The van der Waals surface area contributed by atoms with Gasteiger partial charge in [0.2, 0.25) is 0 Å². The number of nitrogens with two attached hydrogens (primary N) is 1. The molecular weight excluding hydrogens is 300 g/mol. The molecule has 0 spiro atoms. The van der Waals surface area contributed by atoms with Crippen molar-refractivity contribution in [3.63, 3.8) is 0 Å². The maximum absolute atomic E-state index is 12.1. The average Bonchev–Trinajstić information content (AvgIpc) is 2.20. The maximum atomic E-state index is 12.1. The Hall–Kier alpha value is -0.940. The Balaban J connectivity index is 2.98. The number of carbonyl (C=O) groups is 1. The van der Waals surface area contributed by atoms with E-state index in [2.05, 4.69) is 21.2 Å². The first kappa shape index (κ1) is 14.1. The fourth-order valence-electron chi connectivity index (χ4n) is 1.23. The molecule has 1 rings (SSSR count). The number of aryl methyl sites for hydroxylation is 1. The van der Waals surface area contributed by atoms with Gasteiger partial charge in [0, 0.05) is 4.47 Å². The summed E-state index contributed by atoms with van der Waals surface area (Å²) in [7, 11) is 0. The highest BCUT2D eigenvalue weighted by molar-refractivity contribution is 9.10. The van der Waals surface area contributed by atoms with Gasteiger partial charge in [-0.1, -0.05) is 23.8 Å². The van der Waals surface area contributed by atoms with Gasteiger partial charge in [-0.15, -0.1) is 0 Å². The molecule has 0 radical (unpaired) electrons. The molecular formula is C12H15BrN2OS. The highest BCUT2D eigenvalue weighted by atomic mass is 79.9. The van der Waals surface area contributed by atoms with E-state index < -0.39 is 5.54 Å². The molecule has 1 aromatic carbocycles. The van der Waals surface area contributed by atoms with Crippen molar-refractivity contribution < 1.29 is 4.79 Å². The number of halogens is 1. The first-order valence-corrected chi connectivity index (χ1v) is 6.33. The molecule has 3 N–H and O–H groups in total. The predicted octanol–water partition coefficient (Wildman–Crippen LogP) is 2.55. The lowest BCUT2D eigenvalue weighted by Crippen LogP contribution is -2.52. The highest BCUT2D eigenvalue weighted by Crippen LogP contribution is 2.19. The van der Waals surface area contributed by atoms with Crippen LogP contribution in [0.3, 0.4) is 0 Å². The summed E-state index contributed by atoms with van der Waals surface area (Å²) in [5.41, 5.74) is 6.47. The van der Waals surface area contributed by atoms with E-state index in [0.717, 1.165) is 10.0 Å². The van der Waals surface area contributed by atoms with E-state index in [1.807, 2.05) is 25.1 Å². The van der Waals surface area contributed by atoms with Crippen LogP contribution in [-0.2, 0) is 0 Å². The molecule has 1 aromatic rings. The van der Waals surface area contributed by atoms with Crippen molar-refractivity contribution in [2.75, 3.05) is 0 Å². The van der Waals surface area contributed by atoms with Crippen molar-refractivity contribution in [1.82, 2.24) is 5.32 Å². The number of thiocarbonyl (C=S) groups is 1. The minimum absolute atomic E-state index is 0.196. The molecule has 0 aliphatic heterocycles. The molecule has 0 aliphatic carbocycles. The number of hydrogen-bond donors (Lipinski definition) is 2. The van der Waals surface area contributed by atoms with E-state index in [4.69, 9.17) is 18.0 Å². The molecule has 17 heavy (non-hydrogen) atoms. The molecule has 92 valence electrons. The van der Waals surface area contributed by atoms with E-state index in [0.29, 0.717) is 5.56 Å². The quantitative estimate of drug-likeness (QED) is 0.843. The van der Waals surface area contributed by atoms with Crippen LogP contribution in [0.1, 0.15) is 29.8 Å². The van der Waals surface area contributed by atoms with Gasteiger partial charge in [-0.2, -0.15) is 0 Å². The van der Waals surface area contributed by atoms with Gasteiger partial charge < -0.3 is 11.1 Å². The largest absolute Gasteiger partial charge is 0.391 e. The van der Waals surface area contributed by atoms with Crippen LogP contribution in [0.25, 0.3) is 0 Å². The Morgan fingerprint density at radius 1 is 1.47 bits per heavy atom. The Morgan fingerprint density at radius 2 is 2.06 bits per heavy atom. The number of amides is 1. The third kappa shape index (κ3) is 3.51. The summed E-state index contributed by atoms with van der Waals surface area (Å²) < 4.78 is 0.749. The molecule has 5 heteroatoms. The third-order valence-corrected chi connectivity index (χ3v) is 3.61. The molecule has 0 heterocycles. The molecule has 0 aliphatic rings. The van der Waals surface area contributed by atoms with Gasteiger partial charge in [-0.25, -0.2) is 0 Å². The van der Waals surface area contributed by atoms with E-state index >= 15 is 0 Å². The Bertz CT molecular complexity index is 472. The minimum Gasteiger partial charge on any atom is -0.391 e. The SMILES string of the molecule is Cc1ccc(Br)c(C(=O)NC(C)(C)C(N)=S)c1. The Morgan fingerprint density at radius 3 is 2.59 bits per heavy atom. The molecule has 3 nitrogen and oxygen atoms in total. The zero-order valence-electron chi connectivity index (χ0n) is 10.0. The first-order valence-electron chi connectivity index (χ1n) is 5.12. The number of hydrogen-bond acceptors (Lipinski definition) is 2. The third-order valence-electron chi connectivity index (χ3n) is 2.41. The van der Waals surface area contributed by atoms with Crippen LogP contribution in [-0.4, -0.2) is 16.4 Å². The molecule has 1 amide bonds. The highest BCUT2D eigenvalue weighted by Gasteiger charge is 2.24. The van der Waals surface area contributed by atoms with Crippen molar-refractivity contribution in [2.45, 2.75) is 26.3 Å². The summed E-state index contributed by atoms with van der Waals surface area (Å²) >= 11 is 8.26. The van der Waals surface area contributed by atoms with Crippen molar-refractivity contribution in [2.24, 2.45) is 5.73 Å². The molecule has 0 unspecified atom stereocenters. The second-order valence-electron chi connectivity index (χ2n) is 4.43. The zero-order chi connectivity index (χ0) is 13.2. The molecule has 0 saturated carbocycles. The normalized spacial score (nSPS) is 11.1. The second kappa shape index (κ2) is 5.14. The molecule has 0 bridgehead atoms. The van der Waals surface area contributed by atoms with Gasteiger partial charge in [0.15, 0.2) is 0 Å². The van der Waals surface area contributed by atoms with E-state index in [9.17, 15) is 4.79 Å². The standard InChI is InChI=1S/C12H15BrN2OS/c1-7-4-5-9(13)8(6-7)10(16)15-12(2,3)11(14)17/h4-6H,1-3H3,(H2,14,17)(H,15,16). The van der Waals surface area contributed by atoms with Gasteiger partial charge in [-0.3, -0.25) is 4.79 Å². The van der Waals surface area contributed by atoms with Gasteiger partial charge >= 0.3 is 0 Å². The fraction of sp³-hybridized carbons (Fsp3) is 0.333. The molecule has 0 saturated heterocycles.